The van der Waals surface area contributed by atoms with E-state index in [1.807, 2.05) is 42.5 Å². The summed E-state index contributed by atoms with van der Waals surface area (Å²) in [4.78, 5) is 16.1. The molecule has 0 aliphatic heterocycles. The molecule has 4 nitrogen and oxygen atoms in total. The molecule has 104 valence electrons. The first-order valence-corrected chi connectivity index (χ1v) is 7.10. The zero-order chi connectivity index (χ0) is 14.7. The number of carbonyl (C=O) groups excluding carboxylic acids is 1. The SMILES string of the molecule is O=C(Nc1cccc(Br)c1)c1ncc(-c2ccccc2)o1. The Kier molecular flexibility index (Phi) is 3.83. The Balaban J connectivity index is 1.78. The Bertz CT molecular complexity index is 769. The summed E-state index contributed by atoms with van der Waals surface area (Å²) in [5.74, 6) is 0.221. The number of hydrogen-bond donors (Lipinski definition) is 1. The first-order valence-electron chi connectivity index (χ1n) is 6.30. The number of anilines is 1. The normalized spacial score (nSPS) is 10.3. The third-order valence-electron chi connectivity index (χ3n) is 2.84. The van der Waals surface area contributed by atoms with Crippen LogP contribution in [0, 0.1) is 0 Å². The van der Waals surface area contributed by atoms with Crippen molar-refractivity contribution in [2.45, 2.75) is 0 Å². The van der Waals surface area contributed by atoms with Gasteiger partial charge in [-0.25, -0.2) is 4.98 Å². The van der Waals surface area contributed by atoms with Gasteiger partial charge in [0.2, 0.25) is 0 Å². The molecular weight excluding hydrogens is 332 g/mol. The fraction of sp³-hybridized carbons (Fsp3) is 0. The molecule has 3 rings (SSSR count). The maximum absolute atomic E-state index is 12.1. The molecule has 5 heteroatoms. The van der Waals surface area contributed by atoms with Gasteiger partial charge in [-0.1, -0.05) is 52.3 Å². The van der Waals surface area contributed by atoms with E-state index in [4.69, 9.17) is 4.42 Å². The highest BCUT2D eigenvalue weighted by Gasteiger charge is 2.14. The van der Waals surface area contributed by atoms with Crippen molar-refractivity contribution in [1.82, 2.24) is 4.98 Å². The fourth-order valence-electron chi connectivity index (χ4n) is 1.87. The maximum atomic E-state index is 12.1. The van der Waals surface area contributed by atoms with E-state index in [2.05, 4.69) is 26.2 Å². The molecular formula is C16H11BrN2O2. The predicted octanol–water partition coefficient (Wildman–Crippen LogP) is 4.36. The largest absolute Gasteiger partial charge is 0.432 e. The highest BCUT2D eigenvalue weighted by atomic mass is 79.9. The molecule has 2 aromatic carbocycles. The van der Waals surface area contributed by atoms with E-state index in [9.17, 15) is 4.79 Å². The van der Waals surface area contributed by atoms with Crippen molar-refractivity contribution in [3.63, 3.8) is 0 Å². The number of amides is 1. The van der Waals surface area contributed by atoms with E-state index in [0.717, 1.165) is 10.0 Å². The molecule has 1 aromatic heterocycles. The summed E-state index contributed by atoms with van der Waals surface area (Å²) < 4.78 is 6.39. The van der Waals surface area contributed by atoms with Crippen molar-refractivity contribution in [3.8, 4) is 11.3 Å². The van der Waals surface area contributed by atoms with Crippen LogP contribution in [0.2, 0.25) is 0 Å². The van der Waals surface area contributed by atoms with Crippen LogP contribution in [0.15, 0.2) is 69.7 Å². The maximum Gasteiger partial charge on any atom is 0.311 e. The Morgan fingerprint density at radius 2 is 1.90 bits per heavy atom. The smallest absolute Gasteiger partial charge is 0.311 e. The molecule has 21 heavy (non-hydrogen) atoms. The van der Waals surface area contributed by atoms with Crippen LogP contribution in [0.25, 0.3) is 11.3 Å². The Morgan fingerprint density at radius 3 is 2.67 bits per heavy atom. The van der Waals surface area contributed by atoms with Gasteiger partial charge in [-0.15, -0.1) is 0 Å². The number of oxazole rings is 1. The zero-order valence-corrected chi connectivity index (χ0v) is 12.5. The van der Waals surface area contributed by atoms with Crippen LogP contribution in [0.5, 0.6) is 0 Å². The number of nitrogens with one attached hydrogen (secondary N) is 1. The Morgan fingerprint density at radius 1 is 1.10 bits per heavy atom. The summed E-state index contributed by atoms with van der Waals surface area (Å²) in [7, 11) is 0. The topological polar surface area (TPSA) is 55.1 Å². The molecule has 1 N–H and O–H groups in total. The van der Waals surface area contributed by atoms with Crippen LogP contribution in [0.3, 0.4) is 0 Å². The summed E-state index contributed by atoms with van der Waals surface area (Å²) in [6, 6.07) is 16.8. The molecule has 1 heterocycles. The average Bonchev–Trinajstić information content (AvgIpc) is 2.98. The molecule has 0 fully saturated rings. The summed E-state index contributed by atoms with van der Waals surface area (Å²) in [5, 5.41) is 2.74. The Hall–Kier alpha value is -2.40. The fourth-order valence-corrected chi connectivity index (χ4v) is 2.27. The van der Waals surface area contributed by atoms with Crippen LogP contribution in [-0.4, -0.2) is 10.9 Å². The summed E-state index contributed by atoms with van der Waals surface area (Å²) in [6.07, 6.45) is 1.55. The lowest BCUT2D eigenvalue weighted by atomic mass is 10.2. The molecule has 1 amide bonds. The van der Waals surface area contributed by atoms with Crippen molar-refractivity contribution in [3.05, 3.63) is 71.2 Å². The first kappa shape index (κ1) is 13.6. The number of hydrogen-bond acceptors (Lipinski definition) is 3. The van der Waals surface area contributed by atoms with Crippen molar-refractivity contribution in [1.29, 1.82) is 0 Å². The van der Waals surface area contributed by atoms with E-state index >= 15 is 0 Å². The van der Waals surface area contributed by atoms with Crippen molar-refractivity contribution >= 4 is 27.5 Å². The van der Waals surface area contributed by atoms with Crippen molar-refractivity contribution in [2.24, 2.45) is 0 Å². The molecule has 0 saturated heterocycles. The van der Waals surface area contributed by atoms with E-state index in [-0.39, 0.29) is 11.8 Å². The highest BCUT2D eigenvalue weighted by Crippen LogP contribution is 2.21. The lowest BCUT2D eigenvalue weighted by molar-refractivity contribution is 0.0991. The van der Waals surface area contributed by atoms with Gasteiger partial charge in [0.05, 0.1) is 6.20 Å². The van der Waals surface area contributed by atoms with Gasteiger partial charge < -0.3 is 9.73 Å². The second kappa shape index (κ2) is 5.93. The first-order chi connectivity index (χ1) is 10.2. The monoisotopic (exact) mass is 342 g/mol. The zero-order valence-electron chi connectivity index (χ0n) is 10.9. The van der Waals surface area contributed by atoms with Gasteiger partial charge >= 0.3 is 5.91 Å². The number of benzene rings is 2. The van der Waals surface area contributed by atoms with Crippen LogP contribution in [-0.2, 0) is 0 Å². The number of rotatable bonds is 3. The number of carbonyl (C=O) groups is 1. The van der Waals surface area contributed by atoms with Gasteiger partial charge in [-0.05, 0) is 18.2 Å². The Labute approximate surface area is 130 Å². The van der Waals surface area contributed by atoms with Gasteiger partial charge in [0.1, 0.15) is 0 Å². The van der Waals surface area contributed by atoms with Crippen LogP contribution in [0.1, 0.15) is 10.7 Å². The lowest BCUT2D eigenvalue weighted by Crippen LogP contribution is -2.11. The quantitative estimate of drug-likeness (QED) is 0.769. The summed E-state index contributed by atoms with van der Waals surface area (Å²) >= 11 is 3.35. The minimum Gasteiger partial charge on any atom is -0.432 e. The van der Waals surface area contributed by atoms with Gasteiger partial charge in [0.15, 0.2) is 5.76 Å². The molecule has 0 bridgehead atoms. The molecule has 0 spiro atoms. The van der Waals surface area contributed by atoms with Crippen LogP contribution >= 0.6 is 15.9 Å². The molecule has 0 aliphatic rings. The van der Waals surface area contributed by atoms with Crippen molar-refractivity contribution < 1.29 is 9.21 Å². The molecule has 0 aliphatic carbocycles. The predicted molar refractivity (Wildman–Crippen MR) is 84.0 cm³/mol. The molecule has 0 atom stereocenters. The third-order valence-corrected chi connectivity index (χ3v) is 3.33. The number of aromatic nitrogens is 1. The third kappa shape index (κ3) is 3.20. The summed E-state index contributed by atoms with van der Waals surface area (Å²) in [6.45, 7) is 0. The second-order valence-corrected chi connectivity index (χ2v) is 5.28. The molecule has 0 unspecified atom stereocenters. The minimum atomic E-state index is -0.379. The number of nitrogens with zero attached hydrogens (tertiary/aromatic N) is 1. The highest BCUT2D eigenvalue weighted by molar-refractivity contribution is 9.10. The molecule has 0 saturated carbocycles. The van der Waals surface area contributed by atoms with Crippen molar-refractivity contribution in [2.75, 3.05) is 5.32 Å². The number of halogens is 1. The standard InChI is InChI=1S/C16H11BrN2O2/c17-12-7-4-8-13(9-12)19-15(20)16-18-10-14(21-16)11-5-2-1-3-6-11/h1-10H,(H,19,20). The van der Waals surface area contributed by atoms with E-state index in [0.29, 0.717) is 11.4 Å². The van der Waals surface area contributed by atoms with Gasteiger partial charge in [-0.3, -0.25) is 4.79 Å². The van der Waals surface area contributed by atoms with Gasteiger partial charge in [0, 0.05) is 15.7 Å². The van der Waals surface area contributed by atoms with Gasteiger partial charge in [-0.2, -0.15) is 0 Å². The van der Waals surface area contributed by atoms with Gasteiger partial charge in [0.25, 0.3) is 5.89 Å². The minimum absolute atomic E-state index is 0.0360. The second-order valence-electron chi connectivity index (χ2n) is 4.36. The van der Waals surface area contributed by atoms with E-state index in [1.165, 1.54) is 0 Å². The molecule has 3 aromatic rings. The van der Waals surface area contributed by atoms with E-state index < -0.39 is 0 Å². The average molecular weight is 343 g/mol. The molecule has 0 radical (unpaired) electrons. The van der Waals surface area contributed by atoms with Crippen LogP contribution in [0.4, 0.5) is 5.69 Å². The lowest BCUT2D eigenvalue weighted by Gasteiger charge is -2.02. The summed E-state index contributed by atoms with van der Waals surface area (Å²) in [5.41, 5.74) is 1.56. The van der Waals surface area contributed by atoms with E-state index in [1.54, 1.807) is 18.3 Å². The van der Waals surface area contributed by atoms with Crippen LogP contribution < -0.4 is 5.32 Å².